The van der Waals surface area contributed by atoms with Crippen molar-refractivity contribution in [2.75, 3.05) is 40.8 Å². The topological polar surface area (TPSA) is 57.7 Å². The molecule has 2 rings (SSSR count). The van der Waals surface area contributed by atoms with Crippen molar-refractivity contribution >= 4 is 5.91 Å². The minimum Gasteiger partial charge on any atom is -0.497 e. The molecule has 1 aromatic rings. The summed E-state index contributed by atoms with van der Waals surface area (Å²) in [5.74, 6) is 0.935. The van der Waals surface area contributed by atoms with Crippen molar-refractivity contribution in [1.29, 1.82) is 0 Å². The molecule has 2 heterocycles. The summed E-state index contributed by atoms with van der Waals surface area (Å²) < 4.78 is 5.29. The zero-order valence-electron chi connectivity index (χ0n) is 13.2. The van der Waals surface area contributed by atoms with E-state index in [1.54, 1.807) is 26.1 Å². The second-order valence-corrected chi connectivity index (χ2v) is 5.56. The Balaban J connectivity index is 2.15. The van der Waals surface area contributed by atoms with Gasteiger partial charge in [-0.2, -0.15) is 0 Å². The summed E-state index contributed by atoms with van der Waals surface area (Å²) in [5.41, 5.74) is 1.86. The van der Waals surface area contributed by atoms with Crippen molar-refractivity contribution in [3.05, 3.63) is 23.5 Å². The molecule has 21 heavy (non-hydrogen) atoms. The number of nitrogens with one attached hydrogen (secondary N) is 1. The Hall–Kier alpha value is -1.66. The number of hydrogen-bond donors (Lipinski definition) is 1. The Labute approximate surface area is 126 Å². The molecule has 6 nitrogen and oxygen atoms in total. The smallest absolute Gasteiger partial charge is 0.240 e. The number of likely N-dealkylation sites (N-methyl/N-ethyl adjacent to an activating group) is 1. The van der Waals surface area contributed by atoms with Crippen molar-refractivity contribution in [2.45, 2.75) is 19.5 Å². The predicted octanol–water partition coefficient (Wildman–Crippen LogP) is 0.261. The van der Waals surface area contributed by atoms with Crippen LogP contribution >= 0.6 is 0 Å². The van der Waals surface area contributed by atoms with Crippen LogP contribution < -0.4 is 10.1 Å². The molecule has 0 saturated carbocycles. The van der Waals surface area contributed by atoms with Gasteiger partial charge in [-0.1, -0.05) is 0 Å². The number of methoxy groups -OCH3 is 1. The predicted molar refractivity (Wildman–Crippen MR) is 81.3 cm³/mol. The molecule has 0 aliphatic carbocycles. The fourth-order valence-corrected chi connectivity index (χ4v) is 2.59. The Bertz CT molecular complexity index is 504. The number of amides is 1. The maximum Gasteiger partial charge on any atom is 0.240 e. The molecule has 1 aliphatic heterocycles. The molecule has 1 aliphatic rings. The average molecular weight is 292 g/mol. The Morgan fingerprint density at radius 1 is 1.52 bits per heavy atom. The second-order valence-electron chi connectivity index (χ2n) is 5.56. The third-order valence-corrected chi connectivity index (χ3v) is 3.66. The van der Waals surface area contributed by atoms with E-state index in [1.165, 1.54) is 0 Å². The molecule has 0 aromatic carbocycles. The lowest BCUT2D eigenvalue weighted by Crippen LogP contribution is -2.57. The SMILES string of the molecule is COc1cc(C)nc(CN2CCNCC2C(=O)N(C)C)c1. The van der Waals surface area contributed by atoms with Crippen LogP contribution in [0, 0.1) is 6.92 Å². The van der Waals surface area contributed by atoms with E-state index in [9.17, 15) is 4.79 Å². The lowest BCUT2D eigenvalue weighted by atomic mass is 10.1. The van der Waals surface area contributed by atoms with E-state index in [2.05, 4.69) is 15.2 Å². The largest absolute Gasteiger partial charge is 0.497 e. The molecule has 0 radical (unpaired) electrons. The van der Waals surface area contributed by atoms with Gasteiger partial charge in [-0.25, -0.2) is 0 Å². The molecule has 1 N–H and O–H groups in total. The van der Waals surface area contributed by atoms with E-state index in [-0.39, 0.29) is 11.9 Å². The quantitative estimate of drug-likeness (QED) is 0.863. The van der Waals surface area contributed by atoms with Gasteiger partial charge in [0.15, 0.2) is 0 Å². The van der Waals surface area contributed by atoms with Crippen LogP contribution in [-0.4, -0.2) is 67.6 Å². The highest BCUT2D eigenvalue weighted by molar-refractivity contribution is 5.81. The zero-order chi connectivity index (χ0) is 15.4. The highest BCUT2D eigenvalue weighted by Gasteiger charge is 2.29. The highest BCUT2D eigenvalue weighted by atomic mass is 16.5. The molecule has 1 aromatic heterocycles. The molecule has 1 saturated heterocycles. The van der Waals surface area contributed by atoms with Crippen molar-refractivity contribution in [3.63, 3.8) is 0 Å². The fourth-order valence-electron chi connectivity index (χ4n) is 2.59. The summed E-state index contributed by atoms with van der Waals surface area (Å²) in [4.78, 5) is 20.7. The van der Waals surface area contributed by atoms with E-state index in [0.717, 1.165) is 30.2 Å². The van der Waals surface area contributed by atoms with Crippen LogP contribution in [0.5, 0.6) is 5.75 Å². The standard InChI is InChI=1S/C15H24N4O2/c1-11-7-13(21-4)8-12(17-11)10-19-6-5-16-9-14(19)15(20)18(2)3/h7-8,14,16H,5-6,9-10H2,1-4H3. The lowest BCUT2D eigenvalue weighted by molar-refractivity contribution is -0.135. The third-order valence-electron chi connectivity index (χ3n) is 3.66. The van der Waals surface area contributed by atoms with Crippen LogP contribution in [0.25, 0.3) is 0 Å². The van der Waals surface area contributed by atoms with Crippen LogP contribution in [0.15, 0.2) is 12.1 Å². The van der Waals surface area contributed by atoms with Gasteiger partial charge < -0.3 is 15.0 Å². The summed E-state index contributed by atoms with van der Waals surface area (Å²) in [7, 11) is 5.24. The van der Waals surface area contributed by atoms with Crippen molar-refractivity contribution in [1.82, 2.24) is 20.1 Å². The first-order valence-electron chi connectivity index (χ1n) is 7.18. The van der Waals surface area contributed by atoms with Crippen molar-refractivity contribution in [2.24, 2.45) is 0 Å². The number of aromatic nitrogens is 1. The number of aryl methyl sites for hydroxylation is 1. The molecule has 116 valence electrons. The highest BCUT2D eigenvalue weighted by Crippen LogP contribution is 2.17. The summed E-state index contributed by atoms with van der Waals surface area (Å²) in [6, 6.07) is 3.71. The van der Waals surface area contributed by atoms with Gasteiger partial charge in [0.1, 0.15) is 11.8 Å². The zero-order valence-corrected chi connectivity index (χ0v) is 13.2. The maximum absolute atomic E-state index is 12.3. The minimum absolute atomic E-state index is 0.127. The van der Waals surface area contributed by atoms with Crippen molar-refractivity contribution < 1.29 is 9.53 Å². The van der Waals surface area contributed by atoms with E-state index in [4.69, 9.17) is 4.74 Å². The summed E-state index contributed by atoms with van der Waals surface area (Å²) in [6.45, 7) is 5.01. The van der Waals surface area contributed by atoms with Crippen LogP contribution in [0.1, 0.15) is 11.4 Å². The lowest BCUT2D eigenvalue weighted by Gasteiger charge is -2.36. The van der Waals surface area contributed by atoms with Crippen molar-refractivity contribution in [3.8, 4) is 5.75 Å². The van der Waals surface area contributed by atoms with Crippen LogP contribution in [0.4, 0.5) is 0 Å². The van der Waals surface area contributed by atoms with Gasteiger partial charge in [-0.3, -0.25) is 14.7 Å². The van der Waals surface area contributed by atoms with Gasteiger partial charge in [0.05, 0.1) is 12.8 Å². The molecule has 0 spiro atoms. The monoisotopic (exact) mass is 292 g/mol. The van der Waals surface area contributed by atoms with Gasteiger partial charge in [0.2, 0.25) is 5.91 Å². The number of pyridine rings is 1. The number of hydrogen-bond acceptors (Lipinski definition) is 5. The summed E-state index contributed by atoms with van der Waals surface area (Å²) in [6.07, 6.45) is 0. The van der Waals surface area contributed by atoms with E-state index in [1.807, 2.05) is 19.1 Å². The molecule has 1 atom stereocenters. The van der Waals surface area contributed by atoms with Gasteiger partial charge >= 0.3 is 0 Å². The molecule has 1 fully saturated rings. The molecule has 0 bridgehead atoms. The normalized spacial score (nSPS) is 19.3. The first kappa shape index (κ1) is 15.7. The van der Waals surface area contributed by atoms with E-state index in [0.29, 0.717) is 13.1 Å². The molecule has 6 heteroatoms. The number of carbonyl (C=O) groups is 1. The van der Waals surface area contributed by atoms with Crippen LogP contribution in [0.3, 0.4) is 0 Å². The molecule has 1 amide bonds. The number of carbonyl (C=O) groups excluding carboxylic acids is 1. The van der Waals surface area contributed by atoms with Gasteiger partial charge in [0.25, 0.3) is 0 Å². The molecule has 1 unspecified atom stereocenters. The number of nitrogens with zero attached hydrogens (tertiary/aromatic N) is 3. The van der Waals surface area contributed by atoms with E-state index < -0.39 is 0 Å². The fraction of sp³-hybridized carbons (Fsp3) is 0.600. The Morgan fingerprint density at radius 3 is 2.95 bits per heavy atom. The first-order valence-corrected chi connectivity index (χ1v) is 7.18. The molecular formula is C15H24N4O2. The molecular weight excluding hydrogens is 268 g/mol. The Morgan fingerprint density at radius 2 is 2.29 bits per heavy atom. The minimum atomic E-state index is -0.137. The number of ether oxygens (including phenoxy) is 1. The van der Waals surface area contributed by atoms with Crippen LogP contribution in [0.2, 0.25) is 0 Å². The average Bonchev–Trinajstić information content (AvgIpc) is 2.46. The van der Waals surface area contributed by atoms with Gasteiger partial charge in [0, 0.05) is 58.1 Å². The first-order chi connectivity index (χ1) is 10.0. The van der Waals surface area contributed by atoms with Gasteiger partial charge in [-0.05, 0) is 6.92 Å². The summed E-state index contributed by atoms with van der Waals surface area (Å²) >= 11 is 0. The van der Waals surface area contributed by atoms with Crippen LogP contribution in [-0.2, 0) is 11.3 Å². The Kier molecular flexibility index (Phi) is 5.14. The van der Waals surface area contributed by atoms with E-state index >= 15 is 0 Å². The number of rotatable bonds is 4. The maximum atomic E-state index is 12.3. The second kappa shape index (κ2) is 6.87. The third kappa shape index (κ3) is 3.92. The van der Waals surface area contributed by atoms with Gasteiger partial charge in [-0.15, -0.1) is 0 Å². The summed E-state index contributed by atoms with van der Waals surface area (Å²) in [5, 5.41) is 3.29. The number of piperazine rings is 1.